The summed E-state index contributed by atoms with van der Waals surface area (Å²) in [6.45, 7) is 2.05. The summed E-state index contributed by atoms with van der Waals surface area (Å²) >= 11 is 2.28. The Hall–Kier alpha value is -0.100. The molecule has 1 heterocycles. The first kappa shape index (κ1) is 9.98. The first-order valence-electron chi connectivity index (χ1n) is 3.68. The van der Waals surface area contributed by atoms with E-state index < -0.39 is 0 Å². The van der Waals surface area contributed by atoms with Gasteiger partial charge in [-0.1, -0.05) is 0 Å². The van der Waals surface area contributed by atoms with Crippen molar-refractivity contribution in [3.8, 4) is 6.19 Å². The van der Waals surface area contributed by atoms with Crippen LogP contribution in [0.4, 0.5) is 0 Å². The fourth-order valence-electron chi connectivity index (χ4n) is 1.01. The molecule has 1 fully saturated rings. The minimum atomic E-state index is -0.122. The van der Waals surface area contributed by atoms with Crippen LogP contribution in [0.25, 0.3) is 0 Å². The molecule has 1 aliphatic heterocycles. The Morgan fingerprint density at radius 2 is 2.25 bits per heavy atom. The van der Waals surface area contributed by atoms with E-state index in [0.29, 0.717) is 0 Å². The summed E-state index contributed by atoms with van der Waals surface area (Å²) in [7, 11) is 2.02. The number of nitrogens with one attached hydrogen (secondary N) is 3. The normalized spacial score (nSPS) is 37.3. The average Bonchev–Trinajstić information content (AvgIpc) is 2.01. The van der Waals surface area contributed by atoms with E-state index in [1.54, 1.807) is 0 Å². The van der Waals surface area contributed by atoms with Crippen molar-refractivity contribution in [2.45, 2.75) is 23.6 Å². The van der Waals surface area contributed by atoms with Crippen LogP contribution in [0.5, 0.6) is 0 Å². The van der Waals surface area contributed by atoms with E-state index in [9.17, 15) is 0 Å². The van der Waals surface area contributed by atoms with Crippen LogP contribution in [0.2, 0.25) is 0 Å². The summed E-state index contributed by atoms with van der Waals surface area (Å²) in [5, 5.41) is 17.4. The third-order valence-electron chi connectivity index (χ3n) is 1.89. The van der Waals surface area contributed by atoms with Crippen molar-refractivity contribution in [3.63, 3.8) is 0 Å². The number of hydrogen-bond acceptors (Lipinski definition) is 5. The molecule has 0 aromatic carbocycles. The number of alkyl halides is 1. The van der Waals surface area contributed by atoms with Gasteiger partial charge >= 0.3 is 0 Å². The predicted octanol–water partition coefficient (Wildman–Crippen LogP) is -0.470. The van der Waals surface area contributed by atoms with Crippen LogP contribution in [0, 0.1) is 11.5 Å². The molecule has 12 heavy (non-hydrogen) atoms. The van der Waals surface area contributed by atoms with Crippen molar-refractivity contribution in [1.82, 2.24) is 20.9 Å². The molecule has 3 unspecified atom stereocenters. The molecule has 0 radical (unpaired) electrons. The predicted molar refractivity (Wildman–Crippen MR) is 53.8 cm³/mol. The molecular weight excluding hydrogens is 269 g/mol. The highest BCUT2D eigenvalue weighted by atomic mass is 127. The van der Waals surface area contributed by atoms with E-state index in [-0.39, 0.29) is 16.6 Å². The molecule has 0 aromatic rings. The van der Waals surface area contributed by atoms with Crippen molar-refractivity contribution >= 4 is 22.6 Å². The van der Waals surface area contributed by atoms with Crippen molar-refractivity contribution in [3.05, 3.63) is 0 Å². The SMILES string of the molecule is CC1NC(NC#N)NC(I)N1C. The summed E-state index contributed by atoms with van der Waals surface area (Å²) in [6, 6.07) is 0. The van der Waals surface area contributed by atoms with Crippen LogP contribution < -0.4 is 16.0 Å². The molecule has 1 aliphatic rings. The molecule has 3 atom stereocenters. The smallest absolute Gasteiger partial charge is 0.178 e. The van der Waals surface area contributed by atoms with Crippen molar-refractivity contribution in [2.75, 3.05) is 7.05 Å². The summed E-state index contributed by atoms with van der Waals surface area (Å²) in [5.74, 6) is 0. The van der Waals surface area contributed by atoms with Gasteiger partial charge in [0.15, 0.2) is 6.19 Å². The lowest BCUT2D eigenvalue weighted by atomic mass is 10.4. The van der Waals surface area contributed by atoms with Gasteiger partial charge < -0.3 is 0 Å². The van der Waals surface area contributed by atoms with Crippen LogP contribution in [-0.2, 0) is 0 Å². The Bertz CT molecular complexity index is 179. The lowest BCUT2D eigenvalue weighted by Crippen LogP contribution is -2.68. The molecular formula is C6H12IN5. The van der Waals surface area contributed by atoms with E-state index in [4.69, 9.17) is 5.26 Å². The van der Waals surface area contributed by atoms with Crippen LogP contribution in [0.3, 0.4) is 0 Å². The largest absolute Gasteiger partial charge is 0.294 e. The van der Waals surface area contributed by atoms with E-state index in [1.807, 2.05) is 13.2 Å². The highest BCUT2D eigenvalue weighted by Gasteiger charge is 2.26. The zero-order valence-electron chi connectivity index (χ0n) is 7.00. The van der Waals surface area contributed by atoms with Crippen LogP contribution in [0.1, 0.15) is 6.92 Å². The van der Waals surface area contributed by atoms with Crippen LogP contribution in [-0.4, -0.2) is 28.6 Å². The summed E-state index contributed by atoms with van der Waals surface area (Å²) in [4.78, 5) is 2.14. The Morgan fingerprint density at radius 1 is 1.58 bits per heavy atom. The molecule has 0 saturated carbocycles. The third-order valence-corrected chi connectivity index (χ3v) is 3.13. The zero-order valence-corrected chi connectivity index (χ0v) is 9.16. The molecule has 0 aromatic heterocycles. The highest BCUT2D eigenvalue weighted by molar-refractivity contribution is 14.1. The number of nitriles is 1. The standard InChI is InChI=1S/C6H12IN5/c1-4-10-6(9-3-8)11-5(7)12(4)2/h4-6,9-11H,1-2H3. The minimum absolute atomic E-state index is 0.122. The Kier molecular flexibility index (Phi) is 3.52. The van der Waals surface area contributed by atoms with Gasteiger partial charge in [-0.25, -0.2) is 0 Å². The Morgan fingerprint density at radius 3 is 2.75 bits per heavy atom. The van der Waals surface area contributed by atoms with Crippen molar-refractivity contribution < 1.29 is 0 Å². The fourth-order valence-corrected chi connectivity index (χ4v) is 1.85. The van der Waals surface area contributed by atoms with Gasteiger partial charge in [-0.05, 0) is 36.6 Å². The van der Waals surface area contributed by atoms with Gasteiger partial charge in [0.05, 0.1) is 6.17 Å². The van der Waals surface area contributed by atoms with Crippen LogP contribution in [0.15, 0.2) is 0 Å². The Labute approximate surface area is 85.6 Å². The van der Waals surface area contributed by atoms with Gasteiger partial charge in [0, 0.05) is 0 Å². The molecule has 3 N–H and O–H groups in total. The first-order chi connectivity index (χ1) is 5.65. The monoisotopic (exact) mass is 281 g/mol. The Balaban J connectivity index is 2.49. The molecule has 6 heteroatoms. The maximum atomic E-state index is 8.40. The first-order valence-corrected chi connectivity index (χ1v) is 4.92. The number of halogens is 1. The molecule has 0 aliphatic carbocycles. The maximum absolute atomic E-state index is 8.40. The van der Waals surface area contributed by atoms with E-state index in [1.165, 1.54) is 0 Å². The van der Waals surface area contributed by atoms with E-state index >= 15 is 0 Å². The number of hydrogen-bond donors (Lipinski definition) is 3. The second-order valence-corrected chi connectivity index (χ2v) is 3.88. The van der Waals surface area contributed by atoms with Crippen LogP contribution >= 0.6 is 22.6 Å². The molecule has 1 saturated heterocycles. The molecule has 1 rings (SSSR count). The van der Waals surface area contributed by atoms with Gasteiger partial charge in [-0.3, -0.25) is 20.9 Å². The second kappa shape index (κ2) is 4.23. The molecule has 0 amide bonds. The number of rotatable bonds is 1. The van der Waals surface area contributed by atoms with Gasteiger partial charge in [0.25, 0.3) is 0 Å². The van der Waals surface area contributed by atoms with Gasteiger partial charge in [-0.2, -0.15) is 5.26 Å². The van der Waals surface area contributed by atoms with Gasteiger partial charge in [-0.15, -0.1) is 0 Å². The fraction of sp³-hybridized carbons (Fsp3) is 0.833. The second-order valence-electron chi connectivity index (χ2n) is 2.70. The number of nitrogens with zero attached hydrogens (tertiary/aromatic N) is 2. The third kappa shape index (κ3) is 2.20. The molecule has 5 nitrogen and oxygen atoms in total. The summed E-state index contributed by atoms with van der Waals surface area (Å²) in [6.07, 6.45) is 2.04. The highest BCUT2D eigenvalue weighted by Crippen LogP contribution is 2.09. The van der Waals surface area contributed by atoms with E-state index in [2.05, 4.69) is 50.4 Å². The summed E-state index contributed by atoms with van der Waals surface area (Å²) < 4.78 is 0.240. The molecule has 68 valence electrons. The van der Waals surface area contributed by atoms with Gasteiger partial charge in [0.1, 0.15) is 10.5 Å². The quantitative estimate of drug-likeness (QED) is 0.199. The average molecular weight is 281 g/mol. The lowest BCUT2D eigenvalue weighted by molar-refractivity contribution is 0.102. The lowest BCUT2D eigenvalue weighted by Gasteiger charge is -2.40. The molecule has 0 spiro atoms. The van der Waals surface area contributed by atoms with Crippen molar-refractivity contribution in [2.24, 2.45) is 0 Å². The molecule has 0 bridgehead atoms. The van der Waals surface area contributed by atoms with Gasteiger partial charge in [0.2, 0.25) is 0 Å². The van der Waals surface area contributed by atoms with E-state index in [0.717, 1.165) is 0 Å². The minimum Gasteiger partial charge on any atom is -0.294 e. The van der Waals surface area contributed by atoms with Crippen molar-refractivity contribution in [1.29, 1.82) is 5.26 Å². The maximum Gasteiger partial charge on any atom is 0.178 e. The topological polar surface area (TPSA) is 63.1 Å². The zero-order chi connectivity index (χ0) is 9.14. The summed E-state index contributed by atoms with van der Waals surface area (Å²) in [5.41, 5.74) is 0.